The van der Waals surface area contributed by atoms with E-state index in [9.17, 15) is 0 Å². The predicted molar refractivity (Wildman–Crippen MR) is 60.7 cm³/mol. The van der Waals surface area contributed by atoms with Crippen LogP contribution in [-0.2, 0) is 17.9 Å². The van der Waals surface area contributed by atoms with Crippen LogP contribution in [0.5, 0.6) is 0 Å². The predicted octanol–water partition coefficient (Wildman–Crippen LogP) is 1.42. The van der Waals surface area contributed by atoms with Gasteiger partial charge in [0.05, 0.1) is 19.4 Å². The Morgan fingerprint density at radius 3 is 2.93 bits per heavy atom. The zero-order valence-electron chi connectivity index (χ0n) is 9.70. The summed E-state index contributed by atoms with van der Waals surface area (Å²) in [5.41, 5.74) is 1.15. The van der Waals surface area contributed by atoms with Crippen LogP contribution in [0.2, 0.25) is 0 Å². The van der Waals surface area contributed by atoms with Gasteiger partial charge in [0.15, 0.2) is 0 Å². The summed E-state index contributed by atoms with van der Waals surface area (Å²) in [7, 11) is 0. The third-order valence-electron chi connectivity index (χ3n) is 2.13. The van der Waals surface area contributed by atoms with E-state index >= 15 is 0 Å². The summed E-state index contributed by atoms with van der Waals surface area (Å²) in [4.78, 5) is 0. The van der Waals surface area contributed by atoms with Gasteiger partial charge in [-0.15, -0.1) is 0 Å². The minimum absolute atomic E-state index is 0.661. The zero-order chi connectivity index (χ0) is 10.9. The van der Waals surface area contributed by atoms with Crippen LogP contribution in [0, 0.1) is 0 Å². The standard InChI is InChI=1S/C11H21N3O/c1-3-5-12-6-7-15-10-11-8-13-14(4-2)9-11/h8-9,12H,3-7,10H2,1-2H3. The highest BCUT2D eigenvalue weighted by atomic mass is 16.5. The number of hydrogen-bond donors (Lipinski definition) is 1. The summed E-state index contributed by atoms with van der Waals surface area (Å²) < 4.78 is 7.42. The molecular weight excluding hydrogens is 190 g/mol. The summed E-state index contributed by atoms with van der Waals surface area (Å²) in [6.45, 7) is 8.56. The Morgan fingerprint density at radius 2 is 2.27 bits per heavy atom. The second kappa shape index (κ2) is 7.43. The van der Waals surface area contributed by atoms with E-state index in [1.54, 1.807) is 0 Å². The van der Waals surface area contributed by atoms with Crippen LogP contribution >= 0.6 is 0 Å². The van der Waals surface area contributed by atoms with E-state index < -0.39 is 0 Å². The minimum atomic E-state index is 0.661. The second-order valence-corrected chi connectivity index (χ2v) is 3.51. The second-order valence-electron chi connectivity index (χ2n) is 3.51. The third kappa shape index (κ3) is 4.95. The van der Waals surface area contributed by atoms with Gasteiger partial charge >= 0.3 is 0 Å². The van der Waals surface area contributed by atoms with Gasteiger partial charge in [-0.3, -0.25) is 4.68 Å². The van der Waals surface area contributed by atoms with Crippen LogP contribution in [0.3, 0.4) is 0 Å². The highest BCUT2D eigenvalue weighted by Crippen LogP contribution is 1.99. The average molecular weight is 211 g/mol. The molecule has 0 aromatic carbocycles. The van der Waals surface area contributed by atoms with Gasteiger partial charge in [0.1, 0.15) is 0 Å². The number of nitrogens with one attached hydrogen (secondary N) is 1. The number of aryl methyl sites for hydroxylation is 1. The van der Waals surface area contributed by atoms with Crippen molar-refractivity contribution < 1.29 is 4.74 Å². The fourth-order valence-corrected chi connectivity index (χ4v) is 1.29. The number of ether oxygens (including phenoxy) is 1. The van der Waals surface area contributed by atoms with Gasteiger partial charge in [-0.25, -0.2) is 0 Å². The summed E-state index contributed by atoms with van der Waals surface area (Å²) in [5.74, 6) is 0. The van der Waals surface area contributed by atoms with Crippen LogP contribution in [0.25, 0.3) is 0 Å². The Hall–Kier alpha value is -0.870. The molecule has 4 heteroatoms. The van der Waals surface area contributed by atoms with Gasteiger partial charge in [-0.05, 0) is 19.9 Å². The molecule has 0 radical (unpaired) electrons. The molecular formula is C11H21N3O. The first-order valence-electron chi connectivity index (χ1n) is 5.66. The molecule has 0 fully saturated rings. The molecule has 0 aliphatic rings. The Morgan fingerprint density at radius 1 is 1.40 bits per heavy atom. The average Bonchev–Trinajstić information content (AvgIpc) is 2.71. The van der Waals surface area contributed by atoms with Crippen molar-refractivity contribution in [3.63, 3.8) is 0 Å². The van der Waals surface area contributed by atoms with Crippen LogP contribution in [0.1, 0.15) is 25.8 Å². The van der Waals surface area contributed by atoms with Crippen molar-refractivity contribution in [2.45, 2.75) is 33.4 Å². The summed E-state index contributed by atoms with van der Waals surface area (Å²) >= 11 is 0. The van der Waals surface area contributed by atoms with Gasteiger partial charge in [0, 0.05) is 24.8 Å². The molecule has 1 aromatic rings. The van der Waals surface area contributed by atoms with Crippen molar-refractivity contribution in [3.05, 3.63) is 18.0 Å². The van der Waals surface area contributed by atoms with E-state index in [-0.39, 0.29) is 0 Å². The first-order chi connectivity index (χ1) is 7.36. The lowest BCUT2D eigenvalue weighted by molar-refractivity contribution is 0.123. The Labute approximate surface area is 91.6 Å². The summed E-state index contributed by atoms with van der Waals surface area (Å²) in [5, 5.41) is 7.48. The van der Waals surface area contributed by atoms with Gasteiger partial charge < -0.3 is 10.1 Å². The first-order valence-corrected chi connectivity index (χ1v) is 5.66. The third-order valence-corrected chi connectivity index (χ3v) is 2.13. The van der Waals surface area contributed by atoms with Crippen LogP contribution in [-0.4, -0.2) is 29.5 Å². The molecule has 0 atom stereocenters. The number of nitrogens with zero attached hydrogens (tertiary/aromatic N) is 2. The molecule has 1 N–H and O–H groups in total. The van der Waals surface area contributed by atoms with E-state index in [4.69, 9.17) is 4.74 Å². The van der Waals surface area contributed by atoms with Crippen LogP contribution in [0.15, 0.2) is 12.4 Å². The minimum Gasteiger partial charge on any atom is -0.375 e. The van der Waals surface area contributed by atoms with E-state index in [0.717, 1.165) is 31.8 Å². The molecule has 15 heavy (non-hydrogen) atoms. The fourth-order valence-electron chi connectivity index (χ4n) is 1.29. The largest absolute Gasteiger partial charge is 0.375 e. The lowest BCUT2D eigenvalue weighted by Crippen LogP contribution is -2.20. The normalized spacial score (nSPS) is 10.8. The fraction of sp³-hybridized carbons (Fsp3) is 0.727. The Kier molecular flexibility index (Phi) is 6.04. The van der Waals surface area contributed by atoms with Crippen molar-refractivity contribution in [2.24, 2.45) is 0 Å². The Balaban J connectivity index is 2.04. The molecule has 86 valence electrons. The lowest BCUT2D eigenvalue weighted by Gasteiger charge is -2.03. The van der Waals surface area contributed by atoms with Crippen molar-refractivity contribution >= 4 is 0 Å². The van der Waals surface area contributed by atoms with Gasteiger partial charge in [-0.2, -0.15) is 5.10 Å². The summed E-state index contributed by atoms with van der Waals surface area (Å²) in [6.07, 6.45) is 5.06. The molecule has 1 rings (SSSR count). The molecule has 0 saturated carbocycles. The number of rotatable bonds is 8. The monoisotopic (exact) mass is 211 g/mol. The highest BCUT2D eigenvalue weighted by molar-refractivity contribution is 5.01. The smallest absolute Gasteiger partial charge is 0.0748 e. The maximum absolute atomic E-state index is 5.51. The quantitative estimate of drug-likeness (QED) is 0.661. The lowest BCUT2D eigenvalue weighted by atomic mass is 10.4. The molecule has 0 unspecified atom stereocenters. The SMILES string of the molecule is CCCNCCOCc1cnn(CC)c1. The van der Waals surface area contributed by atoms with E-state index in [1.807, 2.05) is 17.1 Å². The van der Waals surface area contributed by atoms with Gasteiger partial charge in [-0.1, -0.05) is 6.92 Å². The molecule has 0 bridgehead atoms. The molecule has 0 aliphatic heterocycles. The molecule has 0 amide bonds. The highest BCUT2D eigenvalue weighted by Gasteiger charge is 1.96. The molecule has 4 nitrogen and oxygen atoms in total. The molecule has 0 saturated heterocycles. The Bertz CT molecular complexity index is 260. The molecule has 0 aliphatic carbocycles. The van der Waals surface area contributed by atoms with Crippen molar-refractivity contribution in [2.75, 3.05) is 19.7 Å². The van der Waals surface area contributed by atoms with Gasteiger partial charge in [0.2, 0.25) is 0 Å². The first kappa shape index (κ1) is 12.2. The van der Waals surface area contributed by atoms with E-state index in [2.05, 4.69) is 24.3 Å². The number of aromatic nitrogens is 2. The van der Waals surface area contributed by atoms with Crippen molar-refractivity contribution in [1.82, 2.24) is 15.1 Å². The van der Waals surface area contributed by atoms with Crippen LogP contribution in [0.4, 0.5) is 0 Å². The summed E-state index contributed by atoms with van der Waals surface area (Å²) in [6, 6.07) is 0. The molecule has 1 aromatic heterocycles. The molecule has 0 spiro atoms. The zero-order valence-corrected chi connectivity index (χ0v) is 9.70. The van der Waals surface area contributed by atoms with Crippen molar-refractivity contribution in [3.8, 4) is 0 Å². The maximum atomic E-state index is 5.51. The van der Waals surface area contributed by atoms with E-state index in [1.165, 1.54) is 6.42 Å². The molecule has 1 heterocycles. The number of hydrogen-bond acceptors (Lipinski definition) is 3. The van der Waals surface area contributed by atoms with Crippen LogP contribution < -0.4 is 5.32 Å². The maximum Gasteiger partial charge on any atom is 0.0748 e. The topological polar surface area (TPSA) is 39.1 Å². The van der Waals surface area contributed by atoms with E-state index in [0.29, 0.717) is 6.61 Å². The van der Waals surface area contributed by atoms with Crippen molar-refractivity contribution in [1.29, 1.82) is 0 Å². The van der Waals surface area contributed by atoms with Gasteiger partial charge in [0.25, 0.3) is 0 Å².